The van der Waals surface area contributed by atoms with Gasteiger partial charge in [0.1, 0.15) is 18.1 Å². The molecule has 1 aromatic carbocycles. The van der Waals surface area contributed by atoms with Crippen LogP contribution in [0.25, 0.3) is 17.4 Å². The molecule has 9 nitrogen and oxygen atoms in total. The predicted octanol–water partition coefficient (Wildman–Crippen LogP) is 2.63. The first kappa shape index (κ1) is 21.8. The lowest BCUT2D eigenvalue weighted by atomic mass is 10.1. The van der Waals surface area contributed by atoms with Gasteiger partial charge in [0.05, 0.1) is 30.8 Å². The van der Waals surface area contributed by atoms with E-state index < -0.39 is 17.1 Å². The fourth-order valence-electron chi connectivity index (χ4n) is 3.37. The molecule has 2 saturated heterocycles. The summed E-state index contributed by atoms with van der Waals surface area (Å²) in [5.74, 6) is -0.584. The first-order valence-electron chi connectivity index (χ1n) is 9.86. The van der Waals surface area contributed by atoms with Crippen molar-refractivity contribution in [2.45, 2.75) is 0 Å². The van der Waals surface area contributed by atoms with E-state index in [1.807, 2.05) is 0 Å². The summed E-state index contributed by atoms with van der Waals surface area (Å²) in [6.45, 7) is 1.44. The minimum atomic E-state index is -0.547. The second-order valence-electron chi connectivity index (χ2n) is 7.00. The number of imide groups is 1. The van der Waals surface area contributed by atoms with E-state index in [0.29, 0.717) is 49.0 Å². The van der Waals surface area contributed by atoms with Crippen molar-refractivity contribution >= 4 is 40.9 Å². The standard InChI is InChI=1S/C22H20N2O7S/c1-29-21(27)16-5-3-2-4-15(16)17-7-6-14(31-17)12-18-20(26)24(22(28)32-18)13-19(25)23-8-10-30-11-9-23/h2-7,12H,8-11,13H2,1H3/b18-12-. The third kappa shape index (κ3) is 4.46. The van der Waals surface area contributed by atoms with Crippen molar-refractivity contribution < 1.29 is 33.1 Å². The van der Waals surface area contributed by atoms with Crippen LogP contribution >= 0.6 is 11.8 Å². The van der Waals surface area contributed by atoms with Crippen molar-refractivity contribution in [1.82, 2.24) is 9.80 Å². The first-order valence-corrected chi connectivity index (χ1v) is 10.7. The Kier molecular flexibility index (Phi) is 6.42. The molecular weight excluding hydrogens is 436 g/mol. The Labute approximate surface area is 187 Å². The molecule has 2 aliphatic heterocycles. The summed E-state index contributed by atoms with van der Waals surface area (Å²) in [4.78, 5) is 52.1. The zero-order chi connectivity index (χ0) is 22.7. The van der Waals surface area contributed by atoms with E-state index in [0.717, 1.165) is 16.7 Å². The predicted molar refractivity (Wildman–Crippen MR) is 116 cm³/mol. The van der Waals surface area contributed by atoms with Crippen molar-refractivity contribution in [3.63, 3.8) is 0 Å². The summed E-state index contributed by atoms with van der Waals surface area (Å²) in [6, 6.07) is 10.1. The summed E-state index contributed by atoms with van der Waals surface area (Å²) in [5, 5.41) is -0.509. The number of hydrogen-bond donors (Lipinski definition) is 0. The number of ether oxygens (including phenoxy) is 2. The van der Waals surface area contributed by atoms with Crippen LogP contribution in [0, 0.1) is 0 Å². The highest BCUT2D eigenvalue weighted by Crippen LogP contribution is 2.34. The van der Waals surface area contributed by atoms with Crippen LogP contribution in [0.4, 0.5) is 4.79 Å². The number of carbonyl (C=O) groups excluding carboxylic acids is 4. The molecule has 4 rings (SSSR count). The monoisotopic (exact) mass is 456 g/mol. The van der Waals surface area contributed by atoms with E-state index in [-0.39, 0.29) is 17.4 Å². The molecule has 0 unspecified atom stereocenters. The van der Waals surface area contributed by atoms with Crippen LogP contribution in [0.3, 0.4) is 0 Å². The molecule has 0 saturated carbocycles. The molecule has 2 aromatic rings. The molecule has 0 spiro atoms. The van der Waals surface area contributed by atoms with Gasteiger partial charge in [-0.3, -0.25) is 19.3 Å². The molecule has 2 aliphatic rings. The Morgan fingerprint density at radius 1 is 1.12 bits per heavy atom. The number of hydrogen-bond acceptors (Lipinski definition) is 8. The number of furan rings is 1. The Hall–Kier alpha value is -3.37. The van der Waals surface area contributed by atoms with E-state index in [4.69, 9.17) is 13.9 Å². The van der Waals surface area contributed by atoms with Gasteiger partial charge in [-0.2, -0.15) is 0 Å². The Balaban J connectivity index is 1.50. The molecule has 0 N–H and O–H groups in total. The molecule has 32 heavy (non-hydrogen) atoms. The molecule has 0 radical (unpaired) electrons. The second kappa shape index (κ2) is 9.41. The SMILES string of the molecule is COC(=O)c1ccccc1-c1ccc(/C=C2\SC(=O)N(CC(=O)N3CCOCC3)C2=O)o1. The highest BCUT2D eigenvalue weighted by atomic mass is 32.2. The van der Waals surface area contributed by atoms with Gasteiger partial charge in [-0.25, -0.2) is 4.79 Å². The van der Waals surface area contributed by atoms with Crippen molar-refractivity contribution in [2.75, 3.05) is 40.0 Å². The van der Waals surface area contributed by atoms with Crippen LogP contribution in [-0.2, 0) is 19.1 Å². The van der Waals surface area contributed by atoms with Gasteiger partial charge in [0, 0.05) is 24.7 Å². The van der Waals surface area contributed by atoms with E-state index in [1.165, 1.54) is 13.2 Å². The van der Waals surface area contributed by atoms with Crippen molar-refractivity contribution in [2.24, 2.45) is 0 Å². The molecule has 1 aromatic heterocycles. The van der Waals surface area contributed by atoms with Gasteiger partial charge >= 0.3 is 5.97 Å². The summed E-state index contributed by atoms with van der Waals surface area (Å²) in [7, 11) is 1.30. The number of rotatable bonds is 5. The first-order chi connectivity index (χ1) is 15.5. The molecule has 2 fully saturated rings. The Bertz CT molecular complexity index is 1100. The fourth-order valence-corrected chi connectivity index (χ4v) is 4.19. The highest BCUT2D eigenvalue weighted by molar-refractivity contribution is 8.18. The van der Waals surface area contributed by atoms with Crippen molar-refractivity contribution in [3.8, 4) is 11.3 Å². The third-order valence-electron chi connectivity index (χ3n) is 5.03. The maximum absolute atomic E-state index is 12.7. The van der Waals surface area contributed by atoms with Crippen LogP contribution in [0.5, 0.6) is 0 Å². The van der Waals surface area contributed by atoms with Crippen LogP contribution in [0.1, 0.15) is 16.1 Å². The van der Waals surface area contributed by atoms with Crippen LogP contribution < -0.4 is 0 Å². The van der Waals surface area contributed by atoms with Crippen LogP contribution in [0.15, 0.2) is 45.7 Å². The summed E-state index contributed by atoms with van der Waals surface area (Å²) < 4.78 is 15.8. The van der Waals surface area contributed by atoms with Crippen molar-refractivity contribution in [1.29, 1.82) is 0 Å². The zero-order valence-electron chi connectivity index (χ0n) is 17.2. The number of amides is 3. The smallest absolute Gasteiger partial charge is 0.338 e. The minimum Gasteiger partial charge on any atom is -0.465 e. The highest BCUT2D eigenvalue weighted by Gasteiger charge is 2.37. The number of carbonyl (C=O) groups is 4. The summed E-state index contributed by atoms with van der Waals surface area (Å²) in [5.41, 5.74) is 0.890. The van der Waals surface area contributed by atoms with Gasteiger partial charge < -0.3 is 18.8 Å². The number of morpholine rings is 1. The molecule has 0 bridgehead atoms. The molecule has 3 heterocycles. The average Bonchev–Trinajstić information content (AvgIpc) is 3.39. The number of methoxy groups -OCH3 is 1. The maximum atomic E-state index is 12.7. The van der Waals surface area contributed by atoms with Crippen molar-refractivity contribution in [3.05, 3.63) is 52.6 Å². The Morgan fingerprint density at radius 3 is 2.62 bits per heavy atom. The lowest BCUT2D eigenvalue weighted by molar-refractivity contribution is -0.139. The normalized spacial score (nSPS) is 17.8. The second-order valence-corrected chi connectivity index (χ2v) is 7.99. The van der Waals surface area contributed by atoms with E-state index in [9.17, 15) is 19.2 Å². The van der Waals surface area contributed by atoms with Gasteiger partial charge in [-0.1, -0.05) is 18.2 Å². The Morgan fingerprint density at radius 2 is 1.88 bits per heavy atom. The van der Waals surface area contributed by atoms with E-state index in [1.54, 1.807) is 41.3 Å². The quantitative estimate of drug-likeness (QED) is 0.499. The molecule has 0 aliphatic carbocycles. The van der Waals surface area contributed by atoms with Gasteiger partial charge in [0.25, 0.3) is 11.1 Å². The fraction of sp³-hybridized carbons (Fsp3) is 0.273. The number of benzene rings is 1. The zero-order valence-corrected chi connectivity index (χ0v) is 18.1. The molecule has 10 heteroatoms. The lowest BCUT2D eigenvalue weighted by Gasteiger charge is -2.27. The number of nitrogens with zero attached hydrogens (tertiary/aromatic N) is 2. The molecule has 166 valence electrons. The average molecular weight is 456 g/mol. The van der Waals surface area contributed by atoms with Gasteiger partial charge in [0.2, 0.25) is 5.91 Å². The topological polar surface area (TPSA) is 106 Å². The maximum Gasteiger partial charge on any atom is 0.338 e. The summed E-state index contributed by atoms with van der Waals surface area (Å²) in [6.07, 6.45) is 1.45. The van der Waals surface area contributed by atoms with Gasteiger partial charge in [-0.15, -0.1) is 0 Å². The van der Waals surface area contributed by atoms with Gasteiger partial charge in [-0.05, 0) is 30.0 Å². The third-order valence-corrected chi connectivity index (χ3v) is 5.94. The number of esters is 1. The van der Waals surface area contributed by atoms with Crippen LogP contribution in [0.2, 0.25) is 0 Å². The minimum absolute atomic E-state index is 0.159. The van der Waals surface area contributed by atoms with Gasteiger partial charge in [0.15, 0.2) is 0 Å². The molecule has 0 atom stereocenters. The lowest BCUT2D eigenvalue weighted by Crippen LogP contribution is -2.46. The van der Waals surface area contributed by atoms with E-state index in [2.05, 4.69) is 0 Å². The molecular formula is C22H20N2O7S. The van der Waals surface area contributed by atoms with E-state index >= 15 is 0 Å². The molecule has 3 amide bonds. The summed E-state index contributed by atoms with van der Waals surface area (Å²) >= 11 is 0.751. The van der Waals surface area contributed by atoms with Crippen LogP contribution in [-0.4, -0.2) is 72.8 Å². The largest absolute Gasteiger partial charge is 0.465 e. The number of thioether (sulfide) groups is 1.